The summed E-state index contributed by atoms with van der Waals surface area (Å²) < 4.78 is 0. The van der Waals surface area contributed by atoms with Crippen molar-refractivity contribution in [3.63, 3.8) is 0 Å². The van der Waals surface area contributed by atoms with Crippen LogP contribution in [0.3, 0.4) is 0 Å². The largest absolute Gasteiger partial charge is 0.373 e. The molecule has 0 aliphatic carbocycles. The van der Waals surface area contributed by atoms with Gasteiger partial charge in [-0.15, -0.1) is 0 Å². The second kappa shape index (κ2) is 12.8. The zero-order valence-corrected chi connectivity index (χ0v) is 19.2. The van der Waals surface area contributed by atoms with Crippen LogP contribution in [0.4, 0.5) is 11.4 Å². The Kier molecular flexibility index (Phi) is 10.7. The molecule has 0 aromatic heterocycles. The smallest absolute Gasteiger partial charge is 0.0884 e. The van der Waals surface area contributed by atoms with Crippen molar-refractivity contribution in [1.29, 1.82) is 0 Å². The molecule has 1 aromatic rings. The maximum Gasteiger partial charge on any atom is 0.0884 e. The number of anilines is 1. The molecule has 1 unspecified atom stereocenters. The summed E-state index contributed by atoms with van der Waals surface area (Å²) in [7, 11) is 4.18. The van der Waals surface area contributed by atoms with Crippen molar-refractivity contribution in [2.45, 2.75) is 40.5 Å². The summed E-state index contributed by atoms with van der Waals surface area (Å²) in [6, 6.07) is 8.10. The van der Waals surface area contributed by atoms with Crippen LogP contribution >= 0.6 is 0 Å². The van der Waals surface area contributed by atoms with Gasteiger partial charge in [-0.3, -0.25) is 9.98 Å². The number of benzene rings is 1. The minimum Gasteiger partial charge on any atom is -0.373 e. The SMILES string of the molecule is C=C/C(=C(N=CCCC)\C(C)=C/C(C)CN(C)c1ccccc1N=C)N(C)CC. The molecule has 1 aromatic carbocycles. The number of likely N-dealkylation sites (N-methyl/N-ethyl adjacent to an activating group) is 1. The van der Waals surface area contributed by atoms with E-state index in [9.17, 15) is 0 Å². The first-order valence-corrected chi connectivity index (χ1v) is 10.5. The number of nitrogens with zero attached hydrogens (tertiary/aromatic N) is 4. The van der Waals surface area contributed by atoms with E-state index in [4.69, 9.17) is 4.99 Å². The fourth-order valence-electron chi connectivity index (χ4n) is 3.27. The molecule has 0 bridgehead atoms. The van der Waals surface area contributed by atoms with Crippen LogP contribution in [-0.2, 0) is 0 Å². The van der Waals surface area contributed by atoms with E-state index in [0.29, 0.717) is 5.92 Å². The molecule has 158 valence electrons. The molecule has 0 saturated carbocycles. The predicted molar refractivity (Wildman–Crippen MR) is 131 cm³/mol. The van der Waals surface area contributed by atoms with Crippen molar-refractivity contribution in [2.24, 2.45) is 15.9 Å². The third kappa shape index (κ3) is 7.37. The van der Waals surface area contributed by atoms with E-state index in [1.807, 2.05) is 30.5 Å². The van der Waals surface area contributed by atoms with Gasteiger partial charge in [0.1, 0.15) is 0 Å². The van der Waals surface area contributed by atoms with Gasteiger partial charge in [0, 0.05) is 33.4 Å². The zero-order valence-electron chi connectivity index (χ0n) is 19.2. The first-order valence-electron chi connectivity index (χ1n) is 10.5. The molecule has 4 heteroatoms. The van der Waals surface area contributed by atoms with Crippen LogP contribution in [0.2, 0.25) is 0 Å². The van der Waals surface area contributed by atoms with Gasteiger partial charge in [0.2, 0.25) is 0 Å². The molecule has 1 rings (SSSR count). The van der Waals surface area contributed by atoms with Crippen LogP contribution in [-0.4, -0.2) is 45.0 Å². The van der Waals surface area contributed by atoms with Gasteiger partial charge in [0.15, 0.2) is 0 Å². The Hall–Kier alpha value is -2.62. The van der Waals surface area contributed by atoms with Gasteiger partial charge in [-0.25, -0.2) is 0 Å². The van der Waals surface area contributed by atoms with Crippen LogP contribution in [0.5, 0.6) is 0 Å². The molecule has 4 nitrogen and oxygen atoms in total. The van der Waals surface area contributed by atoms with E-state index in [-0.39, 0.29) is 0 Å². The number of rotatable bonds is 12. The normalized spacial score (nSPS) is 13.8. The Morgan fingerprint density at radius 3 is 2.48 bits per heavy atom. The van der Waals surface area contributed by atoms with Crippen molar-refractivity contribution in [3.8, 4) is 0 Å². The summed E-state index contributed by atoms with van der Waals surface area (Å²) in [5.41, 5.74) is 5.24. The summed E-state index contributed by atoms with van der Waals surface area (Å²) in [5, 5.41) is 0. The molecular weight excluding hydrogens is 356 g/mol. The molecule has 0 radical (unpaired) electrons. The van der Waals surface area contributed by atoms with Gasteiger partial charge < -0.3 is 9.80 Å². The van der Waals surface area contributed by atoms with E-state index in [0.717, 1.165) is 48.7 Å². The number of unbranched alkanes of at least 4 members (excludes halogenated alkanes) is 1. The minimum atomic E-state index is 0.340. The van der Waals surface area contributed by atoms with Crippen molar-refractivity contribution >= 4 is 24.3 Å². The molecule has 0 fully saturated rings. The molecule has 29 heavy (non-hydrogen) atoms. The van der Waals surface area contributed by atoms with E-state index in [1.54, 1.807) is 0 Å². The third-order valence-electron chi connectivity index (χ3n) is 4.89. The van der Waals surface area contributed by atoms with Gasteiger partial charge in [-0.1, -0.05) is 45.1 Å². The topological polar surface area (TPSA) is 31.2 Å². The summed E-state index contributed by atoms with van der Waals surface area (Å²) in [6.45, 7) is 18.2. The highest BCUT2D eigenvalue weighted by molar-refractivity contribution is 5.68. The predicted octanol–water partition coefficient (Wildman–Crippen LogP) is 6.26. The second-order valence-corrected chi connectivity index (χ2v) is 7.41. The van der Waals surface area contributed by atoms with E-state index >= 15 is 0 Å². The molecule has 0 spiro atoms. The average molecular weight is 395 g/mol. The lowest BCUT2D eigenvalue weighted by Gasteiger charge is -2.24. The van der Waals surface area contributed by atoms with Gasteiger partial charge in [-0.05, 0) is 56.7 Å². The molecule has 1 atom stereocenters. The monoisotopic (exact) mass is 394 g/mol. The number of hydrogen-bond acceptors (Lipinski definition) is 4. The van der Waals surface area contributed by atoms with Crippen molar-refractivity contribution in [1.82, 2.24) is 4.90 Å². The Bertz CT molecular complexity index is 758. The van der Waals surface area contributed by atoms with Crippen LogP contribution in [0, 0.1) is 5.92 Å². The molecule has 0 N–H and O–H groups in total. The summed E-state index contributed by atoms with van der Waals surface area (Å²) in [5.74, 6) is 0.340. The molecule has 0 saturated heterocycles. The summed E-state index contributed by atoms with van der Waals surface area (Å²) in [6.07, 6.45) is 8.28. The highest BCUT2D eigenvalue weighted by Crippen LogP contribution is 2.28. The van der Waals surface area contributed by atoms with Crippen LogP contribution in [0.1, 0.15) is 40.5 Å². The van der Waals surface area contributed by atoms with Crippen molar-refractivity contribution in [3.05, 3.63) is 60.0 Å². The number of para-hydroxylation sites is 2. The maximum atomic E-state index is 4.81. The number of aliphatic imine (C=N–C) groups is 2. The summed E-state index contributed by atoms with van der Waals surface area (Å²) >= 11 is 0. The van der Waals surface area contributed by atoms with Crippen LogP contribution in [0.25, 0.3) is 0 Å². The van der Waals surface area contributed by atoms with E-state index in [2.05, 4.69) is 82.0 Å². The second-order valence-electron chi connectivity index (χ2n) is 7.41. The number of allylic oxidation sites excluding steroid dienone is 2. The van der Waals surface area contributed by atoms with Crippen molar-refractivity contribution in [2.75, 3.05) is 32.1 Å². The Morgan fingerprint density at radius 1 is 1.21 bits per heavy atom. The quantitative estimate of drug-likeness (QED) is 0.309. The Labute approximate surface area is 178 Å². The third-order valence-corrected chi connectivity index (χ3v) is 4.89. The van der Waals surface area contributed by atoms with Gasteiger partial charge in [0.25, 0.3) is 0 Å². The summed E-state index contributed by atoms with van der Waals surface area (Å²) in [4.78, 5) is 13.4. The Morgan fingerprint density at radius 2 is 1.90 bits per heavy atom. The van der Waals surface area contributed by atoms with E-state index in [1.165, 1.54) is 5.57 Å². The first kappa shape index (κ1) is 24.4. The molecule has 0 heterocycles. The first-order chi connectivity index (χ1) is 13.9. The maximum absolute atomic E-state index is 4.81. The fourth-order valence-corrected chi connectivity index (χ4v) is 3.27. The standard InChI is InChI=1S/C25H38N4/c1-9-12-17-27-25(23(10-2)28(7)11-3)21(5)18-20(4)19-29(8)24-16-14-13-15-22(24)26-6/h10,13-18,20H,2,6,9,11-12,19H2,1,3-5,7-8H3/b21-18-,25-23-,27-17?. The van der Waals surface area contributed by atoms with Gasteiger partial charge >= 0.3 is 0 Å². The molecule has 0 aliphatic heterocycles. The van der Waals surface area contributed by atoms with Crippen molar-refractivity contribution < 1.29 is 0 Å². The van der Waals surface area contributed by atoms with E-state index < -0.39 is 0 Å². The van der Waals surface area contributed by atoms with Crippen LogP contribution < -0.4 is 4.90 Å². The highest BCUT2D eigenvalue weighted by atomic mass is 15.1. The van der Waals surface area contributed by atoms with Gasteiger partial charge in [0.05, 0.1) is 22.8 Å². The molecular formula is C25H38N4. The molecule has 0 amide bonds. The lowest BCUT2D eigenvalue weighted by Crippen LogP contribution is -2.23. The lowest BCUT2D eigenvalue weighted by molar-refractivity contribution is 0.451. The number of hydrogen-bond donors (Lipinski definition) is 0. The highest BCUT2D eigenvalue weighted by Gasteiger charge is 2.12. The van der Waals surface area contributed by atoms with Gasteiger partial charge in [-0.2, -0.15) is 0 Å². The molecule has 0 aliphatic rings. The lowest BCUT2D eigenvalue weighted by atomic mass is 10.0. The average Bonchev–Trinajstić information content (AvgIpc) is 2.72. The van der Waals surface area contributed by atoms with Crippen LogP contribution in [0.15, 0.2) is 69.9 Å². The Balaban J connectivity index is 3.14. The minimum absolute atomic E-state index is 0.340. The fraction of sp³-hybridized carbons (Fsp3) is 0.440. The zero-order chi connectivity index (χ0) is 21.8.